The molecular weight excluding hydrogens is 224 g/mol. The van der Waals surface area contributed by atoms with Gasteiger partial charge >= 0.3 is 0 Å². The summed E-state index contributed by atoms with van der Waals surface area (Å²) in [5.41, 5.74) is 11.8. The lowest BCUT2D eigenvalue weighted by Crippen LogP contribution is -2.06. The minimum Gasteiger partial charge on any atom is -0.397 e. The van der Waals surface area contributed by atoms with E-state index >= 15 is 0 Å². The highest BCUT2D eigenvalue weighted by atomic mass is 32.9. The van der Waals surface area contributed by atoms with Gasteiger partial charge in [-0.2, -0.15) is 0 Å². The van der Waals surface area contributed by atoms with Crippen LogP contribution in [0.1, 0.15) is 0 Å². The predicted molar refractivity (Wildman–Crippen MR) is 60.2 cm³/mol. The van der Waals surface area contributed by atoms with Crippen molar-refractivity contribution in [2.45, 2.75) is 4.90 Å². The maximum atomic E-state index is 10.9. The molecule has 0 bridgehead atoms. The van der Waals surface area contributed by atoms with Gasteiger partial charge in [0.15, 0.2) is 0 Å². The fraction of sp³-hybridized carbons (Fsp3) is 0.143. The van der Waals surface area contributed by atoms with Gasteiger partial charge in [-0.25, -0.2) is 4.21 Å². The van der Waals surface area contributed by atoms with E-state index in [2.05, 4.69) is 0 Å². The fourth-order valence-corrected chi connectivity index (χ4v) is 2.72. The van der Waals surface area contributed by atoms with E-state index < -0.39 is 18.5 Å². The third-order valence-electron chi connectivity index (χ3n) is 1.72. The van der Waals surface area contributed by atoms with E-state index in [9.17, 15) is 4.21 Å². The van der Waals surface area contributed by atoms with Crippen LogP contribution in [0.2, 0.25) is 0 Å². The number of nitrogen functional groups attached to an aromatic ring is 2. The molecule has 6 N–H and O–H groups in total. The molecule has 80 valence electrons. The average Bonchev–Trinajstić information content (AvgIpc) is 2.07. The first-order valence-electron chi connectivity index (χ1n) is 3.63. The number of hydrogen-bond donors (Lipinski definition) is 4. The number of nitrogens with two attached hydrogens (primary N) is 2. The number of benzene rings is 1. The van der Waals surface area contributed by atoms with Crippen molar-refractivity contribution in [2.75, 3.05) is 17.7 Å². The molecule has 1 aromatic rings. The SMILES string of the molecule is CS(c1ccc(N)c(N)c1)=S(=O)(O)O. The van der Waals surface area contributed by atoms with E-state index in [0.717, 1.165) is 0 Å². The first kappa shape index (κ1) is 11.3. The molecular formula is C7H12N2O3S2. The number of rotatable bonds is 1. The Morgan fingerprint density at radius 3 is 2.29 bits per heavy atom. The summed E-state index contributed by atoms with van der Waals surface area (Å²) in [6.07, 6.45) is 1.47. The van der Waals surface area contributed by atoms with Gasteiger partial charge in [0.25, 0.3) is 0 Å². The molecule has 5 nitrogen and oxygen atoms in total. The molecule has 0 spiro atoms. The quantitative estimate of drug-likeness (QED) is 0.534. The van der Waals surface area contributed by atoms with E-state index in [0.29, 0.717) is 16.3 Å². The van der Waals surface area contributed by atoms with E-state index in [1.165, 1.54) is 12.3 Å². The van der Waals surface area contributed by atoms with Crippen molar-refractivity contribution < 1.29 is 13.3 Å². The molecule has 0 fully saturated rings. The van der Waals surface area contributed by atoms with Crippen LogP contribution in [0.15, 0.2) is 23.1 Å². The predicted octanol–water partition coefficient (Wildman–Crippen LogP) is 0.603. The molecule has 0 aliphatic heterocycles. The molecule has 0 saturated heterocycles. The molecule has 0 saturated carbocycles. The largest absolute Gasteiger partial charge is 0.397 e. The molecule has 7 heteroatoms. The van der Waals surface area contributed by atoms with Crippen molar-refractivity contribution in [1.29, 1.82) is 0 Å². The summed E-state index contributed by atoms with van der Waals surface area (Å²) in [6, 6.07) is 4.60. The van der Waals surface area contributed by atoms with Gasteiger partial charge in [0.1, 0.15) is 0 Å². The van der Waals surface area contributed by atoms with Gasteiger partial charge < -0.3 is 11.5 Å². The zero-order valence-corrected chi connectivity index (χ0v) is 9.14. The van der Waals surface area contributed by atoms with Gasteiger partial charge in [-0.3, -0.25) is 9.11 Å². The second kappa shape index (κ2) is 3.77. The van der Waals surface area contributed by atoms with Gasteiger partial charge in [-0.1, -0.05) is 9.45 Å². The number of hydrogen-bond acceptors (Lipinski definition) is 3. The van der Waals surface area contributed by atoms with Crippen LogP contribution in [0.3, 0.4) is 0 Å². The molecule has 1 unspecified atom stereocenters. The van der Waals surface area contributed by atoms with Crippen molar-refractivity contribution in [2.24, 2.45) is 0 Å². The van der Waals surface area contributed by atoms with Crippen LogP contribution in [0.25, 0.3) is 0 Å². The van der Waals surface area contributed by atoms with Crippen molar-refractivity contribution in [1.82, 2.24) is 0 Å². The third kappa shape index (κ3) is 2.38. The smallest absolute Gasteiger partial charge is 0.227 e. The van der Waals surface area contributed by atoms with Crippen molar-refractivity contribution in [3.8, 4) is 0 Å². The molecule has 0 aliphatic rings. The van der Waals surface area contributed by atoms with E-state index in [-0.39, 0.29) is 0 Å². The van der Waals surface area contributed by atoms with Crippen LogP contribution in [-0.4, -0.2) is 19.6 Å². The van der Waals surface area contributed by atoms with Crippen LogP contribution in [-0.2, 0) is 18.5 Å². The lowest BCUT2D eigenvalue weighted by atomic mass is 10.3. The highest BCUT2D eigenvalue weighted by Gasteiger charge is 2.06. The second-order valence-corrected chi connectivity index (χ2v) is 7.77. The van der Waals surface area contributed by atoms with Crippen molar-refractivity contribution >= 4 is 29.9 Å². The topological polar surface area (TPSA) is 110 Å². The van der Waals surface area contributed by atoms with Crippen LogP contribution >= 0.6 is 0 Å². The van der Waals surface area contributed by atoms with Crippen LogP contribution in [0.4, 0.5) is 11.4 Å². The fourth-order valence-electron chi connectivity index (χ4n) is 0.857. The molecule has 14 heavy (non-hydrogen) atoms. The molecule has 1 rings (SSSR count). The van der Waals surface area contributed by atoms with E-state index in [4.69, 9.17) is 20.6 Å². The first-order valence-corrected chi connectivity index (χ1v) is 7.25. The maximum absolute atomic E-state index is 10.9. The molecule has 1 aromatic carbocycles. The van der Waals surface area contributed by atoms with Gasteiger partial charge in [-0.15, -0.1) is 0 Å². The minimum absolute atomic E-state index is 0.338. The Balaban J connectivity index is 3.38. The molecule has 0 aromatic heterocycles. The summed E-state index contributed by atoms with van der Waals surface area (Å²) in [5.74, 6) is 0. The van der Waals surface area contributed by atoms with E-state index in [1.807, 2.05) is 0 Å². The Hall–Kier alpha value is -0.760. The Labute approximate surface area is 84.4 Å². The zero-order valence-electron chi connectivity index (χ0n) is 7.51. The van der Waals surface area contributed by atoms with Gasteiger partial charge in [0.2, 0.25) is 9.05 Å². The van der Waals surface area contributed by atoms with Gasteiger partial charge in [0.05, 0.1) is 11.4 Å². The maximum Gasteiger partial charge on any atom is 0.227 e. The summed E-state index contributed by atoms with van der Waals surface area (Å²) in [4.78, 5) is 0.506. The Morgan fingerprint density at radius 2 is 1.86 bits per heavy atom. The standard InChI is InChI=1S/C7H12N2O3S2/c1-13(14(10,11)12)5-2-3-6(8)7(9)4-5/h2-4H,8-9H2,1H3,(H2,10,11,12). The zero-order chi connectivity index (χ0) is 10.9. The Bertz CT molecular complexity index is 470. The van der Waals surface area contributed by atoms with Crippen LogP contribution < -0.4 is 11.5 Å². The number of anilines is 2. The molecule has 0 radical (unpaired) electrons. The summed E-state index contributed by atoms with van der Waals surface area (Å²) in [7, 11) is -4.97. The van der Waals surface area contributed by atoms with Gasteiger partial charge in [-0.05, 0) is 24.5 Å². The lowest BCUT2D eigenvalue weighted by Gasteiger charge is -2.07. The highest BCUT2D eigenvalue weighted by Crippen LogP contribution is 2.19. The van der Waals surface area contributed by atoms with Crippen molar-refractivity contribution in [3.05, 3.63) is 18.2 Å². The normalized spacial score (nSPS) is 13.9. The summed E-state index contributed by atoms with van der Waals surface area (Å²) in [5, 5.41) is 0. The summed E-state index contributed by atoms with van der Waals surface area (Å²) >= 11 is 0. The van der Waals surface area contributed by atoms with Crippen molar-refractivity contribution in [3.63, 3.8) is 0 Å². The van der Waals surface area contributed by atoms with E-state index in [1.54, 1.807) is 12.1 Å². The molecule has 0 heterocycles. The Morgan fingerprint density at radius 1 is 1.29 bits per heavy atom. The van der Waals surface area contributed by atoms with Crippen LogP contribution in [0, 0.1) is 0 Å². The minimum atomic E-state index is -3.80. The monoisotopic (exact) mass is 236 g/mol. The average molecular weight is 236 g/mol. The molecule has 0 aliphatic carbocycles. The second-order valence-electron chi connectivity index (χ2n) is 2.69. The first-order chi connectivity index (χ1) is 6.32. The molecule has 0 amide bonds. The summed E-state index contributed by atoms with van der Waals surface area (Å²) < 4.78 is 28.8. The highest BCUT2D eigenvalue weighted by molar-refractivity contribution is 8.42. The summed E-state index contributed by atoms with van der Waals surface area (Å²) in [6.45, 7) is 0. The molecule has 1 atom stereocenters. The Kier molecular flexibility index (Phi) is 3.05. The lowest BCUT2D eigenvalue weighted by molar-refractivity contribution is 0.450. The van der Waals surface area contributed by atoms with Gasteiger partial charge in [0, 0.05) is 4.90 Å². The van der Waals surface area contributed by atoms with Crippen LogP contribution in [0.5, 0.6) is 0 Å². The third-order valence-corrected chi connectivity index (χ3v) is 5.82.